The molecule has 36 heteroatoms. The predicted molar refractivity (Wildman–Crippen MR) is 455 cm³/mol. The zero-order valence-corrected chi connectivity index (χ0v) is 70.7. The van der Waals surface area contributed by atoms with Crippen molar-refractivity contribution >= 4 is 133 Å². The Balaban J connectivity index is 0.0000114. The number of fused-ring (bicyclic) bond motifs is 2. The topological polar surface area (TPSA) is 597 Å². The molecule has 7 rings (SSSR count). The van der Waals surface area contributed by atoms with Crippen molar-refractivity contribution in [1.29, 1.82) is 0 Å². The van der Waals surface area contributed by atoms with Crippen molar-refractivity contribution in [3.05, 3.63) is 114 Å². The Labute approximate surface area is 712 Å². The smallest absolute Gasteiger partial charge is 0.245 e. The van der Waals surface area contributed by atoms with E-state index in [9.17, 15) is 57.8 Å². The molecule has 3 heterocycles. The van der Waals surface area contributed by atoms with E-state index in [2.05, 4.69) is 47.5 Å². The number of carbonyl (C=O) groups excluding carboxylic acids is 17. The third-order valence-corrected chi connectivity index (χ3v) is 22.6. The summed E-state index contributed by atoms with van der Waals surface area (Å²) >= 11 is 1.04. The highest BCUT2D eigenvalue weighted by atomic mass is 32.2. The zero-order chi connectivity index (χ0) is 89.8. The SMILES string of the molecule is CC.CNCCCCC(CC(=O)C1(NC(=O)C(CC(=O)C(Cc2ccc(OCCN)cc2)NC(=O)C2CSCCC(NC(C)=O)C(=O)CC(CCC(N)=O)C(=O)NC(C(C)O)C(=O)NC(Cc3c[nH]c4ccccc34)C(=O)NC(CCC(N)=O)C(=O)C2)Cc2ccc3ccccc3c2)CCOCC1)C(=O)NC(CC(N)=O)C(=O)CC(CC(N)=O)C(N)=O. The van der Waals surface area contributed by atoms with Gasteiger partial charge in [0.2, 0.25) is 70.9 Å². The van der Waals surface area contributed by atoms with E-state index < -0.39 is 241 Å². The van der Waals surface area contributed by atoms with Gasteiger partial charge >= 0.3 is 0 Å². The van der Waals surface area contributed by atoms with Gasteiger partial charge in [0.1, 0.15) is 30.0 Å². The van der Waals surface area contributed by atoms with E-state index in [4.69, 9.17) is 43.9 Å². The average Bonchev–Trinajstić information content (AvgIpc) is 0.929. The number of nitrogens with one attached hydrogen (secondary N) is 9. The number of carbonyl (C=O) groups is 17. The number of ketones is 5. The molecule has 0 aliphatic carbocycles. The minimum atomic E-state index is -1.83. The van der Waals surface area contributed by atoms with Crippen molar-refractivity contribution < 1.29 is 96.1 Å². The zero-order valence-electron chi connectivity index (χ0n) is 69.8. The van der Waals surface area contributed by atoms with E-state index in [0.717, 1.165) is 29.5 Å². The molecule has 0 bridgehead atoms. The fourth-order valence-electron chi connectivity index (χ4n) is 14.7. The van der Waals surface area contributed by atoms with Crippen LogP contribution in [0.3, 0.4) is 0 Å². The number of thioether (sulfide) groups is 1. The lowest BCUT2D eigenvalue weighted by Gasteiger charge is -2.38. The second-order valence-electron chi connectivity index (χ2n) is 30.9. The first-order chi connectivity index (χ1) is 58.2. The van der Waals surface area contributed by atoms with Crippen LogP contribution < -0.4 is 81.7 Å². The molecule has 122 heavy (non-hydrogen) atoms. The number of aromatic nitrogens is 1. The number of aliphatic hydroxyl groups excluding tert-OH is 1. The number of unbranched alkanes of at least 4 members (excludes halogenated alkanes) is 1. The van der Waals surface area contributed by atoms with Gasteiger partial charge in [0.15, 0.2) is 28.9 Å². The molecule has 5 aromatic rings. The van der Waals surface area contributed by atoms with Crippen LogP contribution in [0.1, 0.15) is 154 Å². The second-order valence-corrected chi connectivity index (χ2v) is 32.0. The van der Waals surface area contributed by atoms with Crippen molar-refractivity contribution in [3.8, 4) is 5.75 Å². The third kappa shape index (κ3) is 31.9. The van der Waals surface area contributed by atoms with Gasteiger partial charge in [0.05, 0.1) is 48.5 Å². The Kier molecular flexibility index (Phi) is 40.9. The lowest BCUT2D eigenvalue weighted by molar-refractivity contribution is -0.141. The Bertz CT molecular complexity index is 4490. The number of aliphatic hydroxyl groups is 1. The van der Waals surface area contributed by atoms with Gasteiger partial charge in [-0.05, 0) is 117 Å². The van der Waals surface area contributed by atoms with Crippen LogP contribution in [-0.2, 0) is 106 Å². The first kappa shape index (κ1) is 99.5. The fourth-order valence-corrected chi connectivity index (χ4v) is 15.9. The van der Waals surface area contributed by atoms with E-state index in [-0.39, 0.29) is 89.2 Å². The van der Waals surface area contributed by atoms with Gasteiger partial charge in [0.25, 0.3) is 0 Å². The number of benzene rings is 4. The van der Waals surface area contributed by atoms with Crippen molar-refractivity contribution in [1.82, 2.24) is 47.5 Å². The lowest BCUT2D eigenvalue weighted by Crippen LogP contribution is -2.59. The van der Waals surface area contributed by atoms with Crippen LogP contribution in [0.25, 0.3) is 21.7 Å². The Morgan fingerprint density at radius 3 is 1.93 bits per heavy atom. The van der Waals surface area contributed by atoms with Crippen molar-refractivity contribution in [2.75, 3.05) is 51.5 Å². The number of amides is 12. The molecule has 12 atom stereocenters. The van der Waals surface area contributed by atoms with Gasteiger partial charge in [-0.25, -0.2) is 0 Å². The van der Waals surface area contributed by atoms with E-state index in [0.29, 0.717) is 52.7 Å². The maximum Gasteiger partial charge on any atom is 0.245 e. The maximum atomic E-state index is 15.9. The molecule has 22 N–H and O–H groups in total. The first-order valence-electron chi connectivity index (χ1n) is 41.3. The minimum Gasteiger partial charge on any atom is -0.492 e. The van der Waals surface area contributed by atoms with Gasteiger partial charge in [0, 0.05) is 138 Å². The first-order valence-corrected chi connectivity index (χ1v) is 42.4. The molecule has 664 valence electrons. The van der Waals surface area contributed by atoms with Gasteiger partial charge in [-0.2, -0.15) is 11.8 Å². The summed E-state index contributed by atoms with van der Waals surface area (Å²) in [6.07, 6.45) is -6.57. The normalized spacial score (nSPS) is 19.6. The Morgan fingerprint density at radius 1 is 0.648 bits per heavy atom. The highest BCUT2D eigenvalue weighted by molar-refractivity contribution is 7.99. The van der Waals surface area contributed by atoms with Crippen LogP contribution in [0.5, 0.6) is 5.75 Å². The molecule has 2 aliphatic heterocycles. The summed E-state index contributed by atoms with van der Waals surface area (Å²) in [5, 5.41) is 35.3. The summed E-state index contributed by atoms with van der Waals surface area (Å²) in [6.45, 7) is 7.03. The van der Waals surface area contributed by atoms with E-state index in [1.54, 1.807) is 67.8 Å². The molecule has 0 radical (unpaired) electrons. The van der Waals surface area contributed by atoms with Gasteiger partial charge in [-0.15, -0.1) is 0 Å². The molecule has 1 aromatic heterocycles. The van der Waals surface area contributed by atoms with Crippen LogP contribution in [0, 0.1) is 29.6 Å². The number of hydrogen-bond acceptors (Lipinski definition) is 23. The van der Waals surface area contributed by atoms with Gasteiger partial charge < -0.3 is 96.5 Å². The summed E-state index contributed by atoms with van der Waals surface area (Å²) in [6, 6.07) is 16.7. The Morgan fingerprint density at radius 2 is 1.29 bits per heavy atom. The summed E-state index contributed by atoms with van der Waals surface area (Å²) in [5.74, 6) is -21.6. The molecule has 2 aliphatic rings. The summed E-state index contributed by atoms with van der Waals surface area (Å²) in [5.41, 5.74) is 33.8. The minimum absolute atomic E-state index is 0.0408. The molecular formula is C86H119N15O20S. The van der Waals surface area contributed by atoms with Crippen LogP contribution in [0.15, 0.2) is 97.2 Å². The predicted octanol–water partition coefficient (Wildman–Crippen LogP) is 0.858. The number of ether oxygens (including phenoxy) is 2. The van der Waals surface area contributed by atoms with Gasteiger partial charge in [-0.3, -0.25) is 81.5 Å². The molecule has 0 saturated carbocycles. The van der Waals surface area contributed by atoms with Crippen molar-refractivity contribution in [2.24, 2.45) is 64.0 Å². The maximum absolute atomic E-state index is 15.9. The molecule has 12 unspecified atom stereocenters. The summed E-state index contributed by atoms with van der Waals surface area (Å²) < 4.78 is 11.5. The standard InChI is InChI=1S/C84H113N15O20S.C2H6/c1-47(100)76-83(117)97-66(37-57-45-92-61-14-7-6-13-60(57)61)82(116)94-62(22-24-73(87)108)68(103)41-58(46-120-33-25-63(93-48(2)101)67(102)38-54(79(113)98-76)19-23-72(86)107)80(114)95-64(36-49-16-20-59(21-17-49)119-32-28-85)70(105)40-56(35-50-15-18-51-10-4-5-11-52(51)34-50)81(115)99-84(26-30-118-31-27-84)71(106)42-53(12-8-9-29-91-3)78(112)96-65(44-75(89)110)69(104)39-55(77(90)111)43-74(88)109;1-2/h4-7,10-11,13-18,20-21,34,45,47,53-56,58,62-66,76,91-92,100H,8-9,12,19,22-33,35-44,46,85H2,1-3H3,(H2,86,107)(H2,87,108)(H2,88,109)(H2,89,110)(H2,90,111)(H,93,101)(H,94,116)(H,95,114)(H,96,112)(H,97,117)(H,98,113)(H,99,115);1-2H3. The second kappa shape index (κ2) is 50.2. The van der Waals surface area contributed by atoms with Crippen LogP contribution in [-0.4, -0.2) is 209 Å². The molecular weight excluding hydrogens is 1600 g/mol. The number of H-pyrrole nitrogens is 1. The monoisotopic (exact) mass is 1710 g/mol. The molecule has 35 nitrogen and oxygen atoms in total. The average molecular weight is 1720 g/mol. The molecule has 2 saturated heterocycles. The highest BCUT2D eigenvalue weighted by Gasteiger charge is 2.46. The molecule has 12 amide bonds. The van der Waals surface area contributed by atoms with Crippen molar-refractivity contribution in [3.63, 3.8) is 0 Å². The van der Waals surface area contributed by atoms with Crippen LogP contribution in [0.2, 0.25) is 0 Å². The summed E-state index contributed by atoms with van der Waals surface area (Å²) in [7, 11) is 1.72. The number of nitrogens with two attached hydrogens (primary N) is 6. The molecule has 2 fully saturated rings. The van der Waals surface area contributed by atoms with E-state index in [1.165, 1.54) is 6.92 Å². The molecule has 0 spiro atoms. The lowest BCUT2D eigenvalue weighted by atomic mass is 9.79. The number of hydrogen-bond donors (Lipinski definition) is 16. The highest BCUT2D eigenvalue weighted by Crippen LogP contribution is 2.31. The number of primary amides is 5. The van der Waals surface area contributed by atoms with Crippen LogP contribution in [0.4, 0.5) is 0 Å². The summed E-state index contributed by atoms with van der Waals surface area (Å²) in [4.78, 5) is 243. The van der Waals surface area contributed by atoms with E-state index in [1.807, 2.05) is 50.2 Å². The van der Waals surface area contributed by atoms with Gasteiger partial charge in [-0.1, -0.05) is 93.1 Å². The number of aromatic amines is 1. The molecule has 4 aromatic carbocycles. The number of rotatable bonds is 42. The number of Topliss-reactive ketones (excluding diaryl/α,β-unsaturated/α-hetero) is 5. The quantitative estimate of drug-likeness (QED) is 0.0241. The van der Waals surface area contributed by atoms with Crippen molar-refractivity contribution in [2.45, 2.75) is 204 Å². The largest absolute Gasteiger partial charge is 0.492 e. The Hall–Kier alpha value is -11.3. The van der Waals surface area contributed by atoms with E-state index >= 15 is 28.8 Å². The number of para-hydroxylation sites is 1. The third-order valence-electron chi connectivity index (χ3n) is 21.4. The fraction of sp³-hybridized carbons (Fsp3) is 0.523. The van der Waals surface area contributed by atoms with Crippen LogP contribution >= 0.6 is 11.8 Å².